The van der Waals surface area contributed by atoms with Crippen LogP contribution in [0.5, 0.6) is 0 Å². The molecule has 0 spiro atoms. The van der Waals surface area contributed by atoms with Gasteiger partial charge in [0.2, 0.25) is 0 Å². The van der Waals surface area contributed by atoms with Gasteiger partial charge in [0.15, 0.2) is 0 Å². The molecule has 0 amide bonds. The predicted molar refractivity (Wildman–Crippen MR) is 105 cm³/mol. The summed E-state index contributed by atoms with van der Waals surface area (Å²) in [5.41, 5.74) is 3.82. The Hall–Kier alpha value is -3.23. The summed E-state index contributed by atoms with van der Waals surface area (Å²) in [5.74, 6) is 6.93. The molecule has 0 N–H and O–H groups in total. The van der Waals surface area contributed by atoms with Crippen LogP contribution in [0.15, 0.2) is 65.0 Å². The van der Waals surface area contributed by atoms with E-state index in [2.05, 4.69) is 16.8 Å². The molecule has 126 valence electrons. The zero-order valence-corrected chi connectivity index (χ0v) is 15.0. The lowest BCUT2D eigenvalue weighted by Gasteiger charge is -2.13. The SMILES string of the molecule is CCc1nc2cccc(C#Cc3cncs3)c2c(=O)n1-c1ccccc1. The van der Waals surface area contributed by atoms with Gasteiger partial charge in [-0.1, -0.05) is 37.1 Å². The topological polar surface area (TPSA) is 47.8 Å². The fourth-order valence-corrected chi connectivity index (χ4v) is 3.33. The van der Waals surface area contributed by atoms with Crippen molar-refractivity contribution in [1.29, 1.82) is 0 Å². The summed E-state index contributed by atoms with van der Waals surface area (Å²) in [7, 11) is 0. The molecule has 4 nitrogen and oxygen atoms in total. The quantitative estimate of drug-likeness (QED) is 0.513. The van der Waals surface area contributed by atoms with Gasteiger partial charge in [0.1, 0.15) is 5.82 Å². The number of aryl methyl sites for hydroxylation is 1. The molecule has 0 saturated carbocycles. The molecule has 4 aromatic rings. The second-order valence-electron chi connectivity index (χ2n) is 5.67. The molecule has 0 aliphatic rings. The maximum absolute atomic E-state index is 13.3. The highest BCUT2D eigenvalue weighted by Gasteiger charge is 2.13. The van der Waals surface area contributed by atoms with Crippen molar-refractivity contribution in [1.82, 2.24) is 14.5 Å². The van der Waals surface area contributed by atoms with Crippen molar-refractivity contribution in [2.24, 2.45) is 0 Å². The monoisotopic (exact) mass is 357 g/mol. The highest BCUT2D eigenvalue weighted by atomic mass is 32.1. The molecule has 0 aliphatic heterocycles. The van der Waals surface area contributed by atoms with E-state index in [0.717, 1.165) is 16.4 Å². The van der Waals surface area contributed by atoms with E-state index in [4.69, 9.17) is 4.98 Å². The van der Waals surface area contributed by atoms with E-state index in [1.54, 1.807) is 16.3 Å². The van der Waals surface area contributed by atoms with E-state index in [9.17, 15) is 4.79 Å². The third-order valence-electron chi connectivity index (χ3n) is 4.05. The van der Waals surface area contributed by atoms with Gasteiger partial charge in [0.25, 0.3) is 5.56 Å². The number of aromatic nitrogens is 3. The fourth-order valence-electron chi connectivity index (χ4n) is 2.87. The Morgan fingerprint density at radius 3 is 2.65 bits per heavy atom. The fraction of sp³-hybridized carbons (Fsp3) is 0.0952. The molecule has 2 aromatic carbocycles. The lowest BCUT2D eigenvalue weighted by atomic mass is 10.1. The largest absolute Gasteiger partial charge is 0.268 e. The number of nitrogens with zero attached hydrogens (tertiary/aromatic N) is 3. The molecule has 26 heavy (non-hydrogen) atoms. The number of para-hydroxylation sites is 1. The molecular weight excluding hydrogens is 342 g/mol. The van der Waals surface area contributed by atoms with Gasteiger partial charge >= 0.3 is 0 Å². The summed E-state index contributed by atoms with van der Waals surface area (Å²) in [6, 6.07) is 15.2. The smallest absolute Gasteiger partial charge is 0.267 e. The van der Waals surface area contributed by atoms with E-state index in [1.807, 2.05) is 55.5 Å². The average Bonchev–Trinajstić information content (AvgIpc) is 3.20. The molecule has 0 bridgehead atoms. The van der Waals surface area contributed by atoms with Gasteiger partial charge in [0.05, 0.1) is 33.2 Å². The van der Waals surface area contributed by atoms with E-state index >= 15 is 0 Å². The van der Waals surface area contributed by atoms with Crippen molar-refractivity contribution < 1.29 is 0 Å². The van der Waals surface area contributed by atoms with Gasteiger partial charge < -0.3 is 0 Å². The molecule has 2 heterocycles. The first kappa shape index (κ1) is 16.2. The molecule has 0 atom stereocenters. The number of fused-ring (bicyclic) bond motifs is 1. The minimum atomic E-state index is -0.0905. The van der Waals surface area contributed by atoms with Gasteiger partial charge in [0, 0.05) is 12.0 Å². The lowest BCUT2D eigenvalue weighted by molar-refractivity contribution is 0.833. The molecule has 4 rings (SSSR count). The summed E-state index contributed by atoms with van der Waals surface area (Å²) < 4.78 is 1.68. The van der Waals surface area contributed by atoms with Crippen LogP contribution in [0.3, 0.4) is 0 Å². The average molecular weight is 357 g/mol. The van der Waals surface area contributed by atoms with Crippen LogP contribution in [0.25, 0.3) is 16.6 Å². The maximum Gasteiger partial charge on any atom is 0.267 e. The predicted octanol–water partition coefficient (Wildman–Crippen LogP) is 3.80. The highest BCUT2D eigenvalue weighted by molar-refractivity contribution is 7.10. The first-order valence-electron chi connectivity index (χ1n) is 8.28. The summed E-state index contributed by atoms with van der Waals surface area (Å²) in [5, 5.41) is 0.547. The molecule has 0 saturated heterocycles. The van der Waals surface area contributed by atoms with Crippen LogP contribution in [0.4, 0.5) is 0 Å². The number of rotatable bonds is 2. The number of benzene rings is 2. The third-order valence-corrected chi connectivity index (χ3v) is 4.74. The van der Waals surface area contributed by atoms with Crippen molar-refractivity contribution in [3.05, 3.63) is 86.9 Å². The zero-order valence-electron chi connectivity index (χ0n) is 14.1. The minimum absolute atomic E-state index is 0.0905. The van der Waals surface area contributed by atoms with Crippen LogP contribution in [-0.2, 0) is 6.42 Å². The van der Waals surface area contributed by atoms with Crippen LogP contribution < -0.4 is 5.56 Å². The highest BCUT2D eigenvalue weighted by Crippen LogP contribution is 2.17. The molecule has 0 aliphatic carbocycles. The first-order valence-corrected chi connectivity index (χ1v) is 9.16. The molecule has 0 radical (unpaired) electrons. The van der Waals surface area contributed by atoms with E-state index in [1.165, 1.54) is 11.3 Å². The Morgan fingerprint density at radius 2 is 1.92 bits per heavy atom. The summed E-state index contributed by atoms with van der Waals surface area (Å²) in [6.07, 6.45) is 2.38. The Balaban J connectivity index is 2.00. The van der Waals surface area contributed by atoms with Crippen molar-refractivity contribution >= 4 is 22.2 Å². The van der Waals surface area contributed by atoms with Crippen molar-refractivity contribution in [3.63, 3.8) is 0 Å². The summed E-state index contributed by atoms with van der Waals surface area (Å²) in [4.78, 5) is 23.0. The maximum atomic E-state index is 13.3. The molecule has 0 fully saturated rings. The number of thiazole rings is 1. The van der Waals surface area contributed by atoms with E-state index in [-0.39, 0.29) is 5.56 Å². The van der Waals surface area contributed by atoms with Gasteiger partial charge in [-0.25, -0.2) is 4.98 Å². The Labute approximate surface area is 154 Å². The van der Waals surface area contributed by atoms with Gasteiger partial charge in [-0.05, 0) is 30.2 Å². The molecule has 2 aromatic heterocycles. The third kappa shape index (κ3) is 2.92. The summed E-state index contributed by atoms with van der Waals surface area (Å²) >= 11 is 1.47. The van der Waals surface area contributed by atoms with Crippen molar-refractivity contribution in [2.75, 3.05) is 0 Å². The van der Waals surface area contributed by atoms with Crippen LogP contribution >= 0.6 is 11.3 Å². The standard InChI is InChI=1S/C21H15N3OS/c1-2-19-23-18-10-6-7-15(11-12-17-13-22-14-26-17)20(18)21(25)24(19)16-8-4-3-5-9-16/h3-10,13-14H,2H2,1H3. The molecule has 0 unspecified atom stereocenters. The van der Waals surface area contributed by atoms with Crippen LogP contribution in [0, 0.1) is 11.8 Å². The van der Waals surface area contributed by atoms with Gasteiger partial charge in [-0.3, -0.25) is 14.3 Å². The second-order valence-corrected chi connectivity index (χ2v) is 6.56. The minimum Gasteiger partial charge on any atom is -0.268 e. The van der Waals surface area contributed by atoms with E-state index < -0.39 is 0 Å². The molecular formula is C21H15N3OS. The van der Waals surface area contributed by atoms with E-state index in [0.29, 0.717) is 22.9 Å². The Kier molecular flexibility index (Phi) is 4.34. The lowest BCUT2D eigenvalue weighted by Crippen LogP contribution is -2.24. The molecule has 5 heteroatoms. The van der Waals surface area contributed by atoms with Crippen molar-refractivity contribution in [3.8, 4) is 17.5 Å². The van der Waals surface area contributed by atoms with Crippen LogP contribution in [0.2, 0.25) is 0 Å². The second kappa shape index (κ2) is 6.95. The van der Waals surface area contributed by atoms with Crippen molar-refractivity contribution in [2.45, 2.75) is 13.3 Å². The zero-order chi connectivity index (χ0) is 17.9. The van der Waals surface area contributed by atoms with Crippen LogP contribution in [0.1, 0.15) is 23.2 Å². The Morgan fingerprint density at radius 1 is 1.08 bits per heavy atom. The van der Waals surface area contributed by atoms with Crippen LogP contribution in [-0.4, -0.2) is 14.5 Å². The van der Waals surface area contributed by atoms with Gasteiger partial charge in [-0.2, -0.15) is 0 Å². The Bertz CT molecular complexity index is 1180. The summed E-state index contributed by atoms with van der Waals surface area (Å²) in [6.45, 7) is 2.00. The number of hydrogen-bond acceptors (Lipinski definition) is 4. The normalized spacial score (nSPS) is 10.5. The van der Waals surface area contributed by atoms with Gasteiger partial charge in [-0.15, -0.1) is 11.3 Å². The first-order chi connectivity index (χ1) is 12.8. The number of hydrogen-bond donors (Lipinski definition) is 0.